The summed E-state index contributed by atoms with van der Waals surface area (Å²) >= 11 is 5.88. The number of piperazine rings is 1. The Labute approximate surface area is 175 Å². The number of nitrogens with zero attached hydrogens (tertiary/aromatic N) is 1. The summed E-state index contributed by atoms with van der Waals surface area (Å²) in [5.74, 6) is 0.0982. The summed E-state index contributed by atoms with van der Waals surface area (Å²) in [5.41, 5.74) is 0.395. The van der Waals surface area contributed by atoms with Crippen LogP contribution in [0, 0.1) is 5.82 Å². The van der Waals surface area contributed by atoms with Crippen LogP contribution in [0.4, 0.5) is 4.39 Å². The van der Waals surface area contributed by atoms with E-state index in [0.29, 0.717) is 30.3 Å². The zero-order chi connectivity index (χ0) is 21.0. The fourth-order valence-corrected chi connectivity index (χ4v) is 3.73. The number of carbonyl (C=O) groups excluding carboxylic acids is 1. The topological polar surface area (TPSA) is 61.8 Å². The van der Waals surface area contributed by atoms with Crippen molar-refractivity contribution >= 4 is 17.5 Å². The Balaban J connectivity index is 1.75. The van der Waals surface area contributed by atoms with Crippen LogP contribution >= 0.6 is 11.6 Å². The zero-order valence-electron chi connectivity index (χ0n) is 16.6. The second-order valence-electron chi connectivity index (χ2n) is 7.78. The molecule has 2 aromatic carbocycles. The van der Waals surface area contributed by atoms with Crippen LogP contribution in [0.1, 0.15) is 19.4 Å². The number of hydrogen-bond donors (Lipinski definition) is 2. The summed E-state index contributed by atoms with van der Waals surface area (Å²) in [7, 11) is 0. The van der Waals surface area contributed by atoms with Gasteiger partial charge in [-0.15, -0.1) is 0 Å². The number of hydrogen-bond acceptors (Lipinski definition) is 4. The van der Waals surface area contributed by atoms with Crippen molar-refractivity contribution in [3.63, 3.8) is 0 Å². The molecule has 0 bridgehead atoms. The van der Waals surface area contributed by atoms with Crippen molar-refractivity contribution in [3.8, 4) is 5.75 Å². The molecule has 0 radical (unpaired) electrons. The molecule has 1 saturated heterocycles. The van der Waals surface area contributed by atoms with Gasteiger partial charge in [-0.25, -0.2) is 4.39 Å². The average molecular weight is 421 g/mol. The van der Waals surface area contributed by atoms with Crippen molar-refractivity contribution < 1.29 is 19.0 Å². The fraction of sp³-hybridized carbons (Fsp3) is 0.409. The van der Waals surface area contributed by atoms with E-state index in [1.807, 2.05) is 6.92 Å². The first kappa shape index (κ1) is 21.6. The summed E-state index contributed by atoms with van der Waals surface area (Å²) in [5, 5.41) is 13.9. The van der Waals surface area contributed by atoms with Crippen LogP contribution in [0.2, 0.25) is 5.02 Å². The number of amides is 1. The SMILES string of the molecule is CC(O)C1CN(C(=O)COc2ccc(Cl)cc2)C(C)(Cc2ccc(F)cc2)CN1. The molecule has 0 aromatic heterocycles. The third-order valence-corrected chi connectivity index (χ3v) is 5.59. The first-order valence-electron chi connectivity index (χ1n) is 9.61. The Hall–Kier alpha value is -2.15. The number of aliphatic hydroxyl groups is 1. The molecular weight excluding hydrogens is 395 g/mol. The van der Waals surface area contributed by atoms with Crippen LogP contribution in [-0.2, 0) is 11.2 Å². The van der Waals surface area contributed by atoms with Crippen LogP contribution in [-0.4, -0.2) is 53.3 Å². The highest BCUT2D eigenvalue weighted by atomic mass is 35.5. The Morgan fingerprint density at radius 2 is 1.97 bits per heavy atom. The molecular formula is C22H26ClFN2O3. The molecule has 3 unspecified atom stereocenters. The van der Waals surface area contributed by atoms with Gasteiger partial charge in [-0.3, -0.25) is 4.79 Å². The molecule has 2 aromatic rings. The van der Waals surface area contributed by atoms with E-state index in [9.17, 15) is 14.3 Å². The van der Waals surface area contributed by atoms with Gasteiger partial charge in [0.2, 0.25) is 0 Å². The van der Waals surface area contributed by atoms with E-state index >= 15 is 0 Å². The van der Waals surface area contributed by atoms with Gasteiger partial charge < -0.3 is 20.1 Å². The predicted molar refractivity (Wildman–Crippen MR) is 111 cm³/mol. The minimum Gasteiger partial charge on any atom is -0.484 e. The summed E-state index contributed by atoms with van der Waals surface area (Å²) < 4.78 is 18.9. The Bertz CT molecular complexity index is 829. The standard InChI is InChI=1S/C22H26ClFN2O3/c1-15(27)20-12-26(21(28)13-29-19-9-5-17(23)6-10-19)22(2,14-25-20)11-16-3-7-18(24)8-4-16/h3-10,15,20,25,27H,11-14H2,1-2H3. The van der Waals surface area contributed by atoms with Gasteiger partial charge >= 0.3 is 0 Å². The van der Waals surface area contributed by atoms with Crippen molar-refractivity contribution in [2.75, 3.05) is 19.7 Å². The number of ether oxygens (including phenoxy) is 1. The molecule has 5 nitrogen and oxygen atoms in total. The van der Waals surface area contributed by atoms with E-state index in [-0.39, 0.29) is 24.4 Å². The van der Waals surface area contributed by atoms with Crippen molar-refractivity contribution in [2.45, 2.75) is 38.0 Å². The average Bonchev–Trinajstić information content (AvgIpc) is 2.69. The minimum absolute atomic E-state index is 0.118. The van der Waals surface area contributed by atoms with Gasteiger partial charge in [0.1, 0.15) is 11.6 Å². The molecule has 1 amide bonds. The lowest BCUT2D eigenvalue weighted by atomic mass is 9.87. The first-order chi connectivity index (χ1) is 13.8. The summed E-state index contributed by atoms with van der Waals surface area (Å²) in [6.45, 7) is 4.44. The second-order valence-corrected chi connectivity index (χ2v) is 8.21. The fourth-order valence-electron chi connectivity index (χ4n) is 3.61. The molecule has 3 atom stereocenters. The molecule has 2 N–H and O–H groups in total. The Morgan fingerprint density at radius 3 is 2.59 bits per heavy atom. The van der Waals surface area contributed by atoms with E-state index in [1.54, 1.807) is 48.2 Å². The van der Waals surface area contributed by atoms with Gasteiger partial charge in [-0.2, -0.15) is 0 Å². The molecule has 1 fully saturated rings. The Kier molecular flexibility index (Phi) is 6.77. The first-order valence-corrected chi connectivity index (χ1v) is 9.99. The number of nitrogens with one attached hydrogen (secondary N) is 1. The second kappa shape index (κ2) is 9.11. The molecule has 3 rings (SSSR count). The molecule has 1 aliphatic rings. The van der Waals surface area contributed by atoms with Gasteiger partial charge in [0, 0.05) is 18.1 Å². The van der Waals surface area contributed by atoms with E-state index in [2.05, 4.69) is 5.32 Å². The lowest BCUT2D eigenvalue weighted by Gasteiger charge is -2.49. The summed E-state index contributed by atoms with van der Waals surface area (Å²) in [4.78, 5) is 14.8. The smallest absolute Gasteiger partial charge is 0.261 e. The summed E-state index contributed by atoms with van der Waals surface area (Å²) in [6, 6.07) is 12.9. The highest BCUT2D eigenvalue weighted by Gasteiger charge is 2.41. The van der Waals surface area contributed by atoms with Crippen LogP contribution in [0.25, 0.3) is 0 Å². The molecule has 29 heavy (non-hydrogen) atoms. The van der Waals surface area contributed by atoms with Crippen molar-refractivity contribution in [1.82, 2.24) is 10.2 Å². The van der Waals surface area contributed by atoms with E-state index in [0.717, 1.165) is 5.56 Å². The van der Waals surface area contributed by atoms with Crippen molar-refractivity contribution in [2.24, 2.45) is 0 Å². The van der Waals surface area contributed by atoms with Gasteiger partial charge in [0.15, 0.2) is 6.61 Å². The maximum atomic E-state index is 13.3. The van der Waals surface area contributed by atoms with Crippen LogP contribution in [0.5, 0.6) is 5.75 Å². The molecule has 0 aliphatic carbocycles. The van der Waals surface area contributed by atoms with Gasteiger partial charge in [0.25, 0.3) is 5.91 Å². The monoisotopic (exact) mass is 420 g/mol. The highest BCUT2D eigenvalue weighted by molar-refractivity contribution is 6.30. The quantitative estimate of drug-likeness (QED) is 0.754. The maximum absolute atomic E-state index is 13.3. The van der Waals surface area contributed by atoms with Gasteiger partial charge in [-0.05, 0) is 62.2 Å². The molecule has 1 aliphatic heterocycles. The number of benzene rings is 2. The van der Waals surface area contributed by atoms with Crippen LogP contribution in [0.15, 0.2) is 48.5 Å². The molecule has 0 saturated carbocycles. The van der Waals surface area contributed by atoms with Crippen LogP contribution < -0.4 is 10.1 Å². The minimum atomic E-state index is -0.599. The normalized spacial score (nSPS) is 22.9. The molecule has 156 valence electrons. The predicted octanol–water partition coefficient (Wildman–Crippen LogP) is 3.04. The number of carbonyl (C=O) groups is 1. The van der Waals surface area contributed by atoms with Crippen LogP contribution in [0.3, 0.4) is 0 Å². The third kappa shape index (κ3) is 5.47. The van der Waals surface area contributed by atoms with E-state index in [1.165, 1.54) is 12.1 Å². The molecule has 7 heteroatoms. The van der Waals surface area contributed by atoms with Crippen molar-refractivity contribution in [3.05, 3.63) is 64.9 Å². The number of aliphatic hydroxyl groups excluding tert-OH is 1. The van der Waals surface area contributed by atoms with Gasteiger partial charge in [-0.1, -0.05) is 23.7 Å². The maximum Gasteiger partial charge on any atom is 0.261 e. The lowest BCUT2D eigenvalue weighted by molar-refractivity contribution is -0.142. The zero-order valence-corrected chi connectivity index (χ0v) is 17.3. The third-order valence-electron chi connectivity index (χ3n) is 5.33. The van der Waals surface area contributed by atoms with Gasteiger partial charge in [0.05, 0.1) is 17.7 Å². The van der Waals surface area contributed by atoms with E-state index in [4.69, 9.17) is 16.3 Å². The number of rotatable bonds is 6. The van der Waals surface area contributed by atoms with E-state index < -0.39 is 11.6 Å². The highest BCUT2D eigenvalue weighted by Crippen LogP contribution is 2.26. The molecule has 0 spiro atoms. The lowest BCUT2D eigenvalue weighted by Crippen LogP contribution is -2.68. The number of halogens is 2. The van der Waals surface area contributed by atoms with Crippen molar-refractivity contribution in [1.29, 1.82) is 0 Å². The summed E-state index contributed by atoms with van der Waals surface area (Å²) in [6.07, 6.45) is -0.0442. The largest absolute Gasteiger partial charge is 0.484 e. The molecule has 1 heterocycles. The Morgan fingerprint density at radius 1 is 1.31 bits per heavy atom.